The van der Waals surface area contributed by atoms with Crippen molar-refractivity contribution in [1.29, 1.82) is 0 Å². The molecule has 0 aliphatic carbocycles. The maximum absolute atomic E-state index is 12.5. The molecule has 0 spiro atoms. The predicted octanol–water partition coefficient (Wildman–Crippen LogP) is 3.81. The Labute approximate surface area is 175 Å². The van der Waals surface area contributed by atoms with E-state index in [1.165, 1.54) is 24.5 Å². The van der Waals surface area contributed by atoms with Crippen molar-refractivity contribution >= 4 is 27.7 Å². The summed E-state index contributed by atoms with van der Waals surface area (Å²) in [6.45, 7) is 2.44. The van der Waals surface area contributed by atoms with Crippen molar-refractivity contribution < 1.29 is 22.4 Å². The molecular weight excluding hydrogens is 404 g/mol. The van der Waals surface area contributed by atoms with Crippen molar-refractivity contribution in [2.75, 3.05) is 11.9 Å². The summed E-state index contributed by atoms with van der Waals surface area (Å²) < 4.78 is 38.1. The van der Waals surface area contributed by atoms with Crippen molar-refractivity contribution in [3.05, 3.63) is 84.3 Å². The minimum Gasteiger partial charge on any atom is -0.493 e. The number of amides is 1. The van der Waals surface area contributed by atoms with Crippen molar-refractivity contribution in [1.82, 2.24) is 4.72 Å². The molecule has 8 heteroatoms. The molecule has 30 heavy (non-hydrogen) atoms. The van der Waals surface area contributed by atoms with Gasteiger partial charge in [-0.2, -0.15) is 0 Å². The number of hydrogen-bond acceptors (Lipinski definition) is 5. The standard InChI is InChI=1S/C22H22N2O5S/c1-2-28-21-11-4-3-7-17(21)12-13-22(25)24-18-8-5-10-20(15-18)30(26,27)23-16-19-9-6-14-29-19/h3-15,23H,2,16H2,1H3,(H,24,25)/b13-12+. The van der Waals surface area contributed by atoms with Crippen molar-refractivity contribution in [2.24, 2.45) is 0 Å². The van der Waals surface area contributed by atoms with Crippen LogP contribution in [0.2, 0.25) is 0 Å². The van der Waals surface area contributed by atoms with Crippen LogP contribution < -0.4 is 14.8 Å². The number of carbonyl (C=O) groups excluding carboxylic acids is 1. The van der Waals surface area contributed by atoms with Gasteiger partial charge in [0, 0.05) is 17.3 Å². The lowest BCUT2D eigenvalue weighted by molar-refractivity contribution is -0.111. The van der Waals surface area contributed by atoms with E-state index in [4.69, 9.17) is 9.15 Å². The fourth-order valence-corrected chi connectivity index (χ4v) is 3.70. The molecule has 2 N–H and O–H groups in total. The fourth-order valence-electron chi connectivity index (χ4n) is 2.66. The average Bonchev–Trinajstić information content (AvgIpc) is 3.26. The summed E-state index contributed by atoms with van der Waals surface area (Å²) in [6, 6.07) is 16.8. The average molecular weight is 426 g/mol. The van der Waals surface area contributed by atoms with Gasteiger partial charge in [0.1, 0.15) is 11.5 Å². The number of nitrogens with one attached hydrogen (secondary N) is 2. The minimum absolute atomic E-state index is 0.0356. The number of furan rings is 1. The van der Waals surface area contributed by atoms with Crippen LogP contribution in [0.3, 0.4) is 0 Å². The van der Waals surface area contributed by atoms with E-state index in [1.807, 2.05) is 31.2 Å². The van der Waals surface area contributed by atoms with Gasteiger partial charge in [-0.15, -0.1) is 0 Å². The summed E-state index contributed by atoms with van der Waals surface area (Å²) in [6.07, 6.45) is 4.49. The van der Waals surface area contributed by atoms with E-state index < -0.39 is 10.0 Å². The van der Waals surface area contributed by atoms with Crippen LogP contribution in [0, 0.1) is 0 Å². The SMILES string of the molecule is CCOc1ccccc1/C=C/C(=O)Nc1cccc(S(=O)(=O)NCc2ccco2)c1. The monoisotopic (exact) mass is 426 g/mol. The number of rotatable bonds is 9. The first-order valence-corrected chi connectivity index (χ1v) is 10.8. The highest BCUT2D eigenvalue weighted by Crippen LogP contribution is 2.20. The van der Waals surface area contributed by atoms with Crippen LogP contribution in [0.5, 0.6) is 5.75 Å². The summed E-state index contributed by atoms with van der Waals surface area (Å²) in [7, 11) is -3.76. The lowest BCUT2D eigenvalue weighted by Gasteiger charge is -2.08. The second-order valence-electron chi connectivity index (χ2n) is 6.23. The Morgan fingerprint density at radius 2 is 1.93 bits per heavy atom. The Bertz CT molecular complexity index is 1120. The van der Waals surface area contributed by atoms with Crippen LogP contribution >= 0.6 is 0 Å². The highest BCUT2D eigenvalue weighted by Gasteiger charge is 2.15. The van der Waals surface area contributed by atoms with Gasteiger partial charge >= 0.3 is 0 Å². The van der Waals surface area contributed by atoms with Crippen molar-refractivity contribution in [3.63, 3.8) is 0 Å². The third-order valence-electron chi connectivity index (χ3n) is 4.06. The van der Waals surface area contributed by atoms with E-state index in [2.05, 4.69) is 10.0 Å². The number of ether oxygens (including phenoxy) is 1. The number of benzene rings is 2. The van der Waals surface area contributed by atoms with Gasteiger partial charge in [0.15, 0.2) is 0 Å². The van der Waals surface area contributed by atoms with Gasteiger partial charge in [0.05, 0.1) is 24.3 Å². The molecule has 0 atom stereocenters. The summed E-state index contributed by atoms with van der Waals surface area (Å²) in [4.78, 5) is 12.3. The van der Waals surface area contributed by atoms with Gasteiger partial charge in [-0.05, 0) is 49.4 Å². The molecule has 1 aromatic heterocycles. The molecule has 1 amide bonds. The topological polar surface area (TPSA) is 97.6 Å². The van der Waals surface area contributed by atoms with Crippen LogP contribution in [0.15, 0.2) is 82.3 Å². The van der Waals surface area contributed by atoms with E-state index in [-0.39, 0.29) is 17.3 Å². The molecule has 0 bridgehead atoms. The Hall–Kier alpha value is -3.36. The third kappa shape index (κ3) is 5.82. The molecule has 0 aliphatic rings. The molecule has 1 heterocycles. The quantitative estimate of drug-likeness (QED) is 0.507. The highest BCUT2D eigenvalue weighted by atomic mass is 32.2. The molecule has 0 radical (unpaired) electrons. The molecule has 156 valence electrons. The van der Waals surface area contributed by atoms with Gasteiger partial charge < -0.3 is 14.5 Å². The maximum atomic E-state index is 12.5. The van der Waals surface area contributed by atoms with Gasteiger partial charge in [0.25, 0.3) is 0 Å². The van der Waals surface area contributed by atoms with Gasteiger partial charge in [-0.1, -0.05) is 24.3 Å². The highest BCUT2D eigenvalue weighted by molar-refractivity contribution is 7.89. The smallest absolute Gasteiger partial charge is 0.248 e. The molecule has 3 rings (SSSR count). The van der Waals surface area contributed by atoms with Crippen LogP contribution in [0.25, 0.3) is 6.08 Å². The molecule has 7 nitrogen and oxygen atoms in total. The van der Waals surface area contributed by atoms with E-state index in [0.29, 0.717) is 23.8 Å². The zero-order valence-corrected chi connectivity index (χ0v) is 17.2. The Morgan fingerprint density at radius 3 is 2.70 bits per heavy atom. The van der Waals surface area contributed by atoms with E-state index >= 15 is 0 Å². The molecule has 0 saturated carbocycles. The third-order valence-corrected chi connectivity index (χ3v) is 5.46. The largest absolute Gasteiger partial charge is 0.493 e. The Morgan fingerprint density at radius 1 is 1.10 bits per heavy atom. The maximum Gasteiger partial charge on any atom is 0.248 e. The molecule has 0 aliphatic heterocycles. The number of sulfonamides is 1. The summed E-state index contributed by atoms with van der Waals surface area (Å²) in [5.41, 5.74) is 1.14. The second-order valence-corrected chi connectivity index (χ2v) is 7.99. The van der Waals surface area contributed by atoms with Crippen LogP contribution in [-0.4, -0.2) is 20.9 Å². The van der Waals surface area contributed by atoms with Gasteiger partial charge in [0.2, 0.25) is 15.9 Å². The molecule has 2 aromatic carbocycles. The molecule has 0 fully saturated rings. The molecule has 0 unspecified atom stereocenters. The first-order valence-electron chi connectivity index (χ1n) is 9.31. The molecule has 0 saturated heterocycles. The van der Waals surface area contributed by atoms with Crippen molar-refractivity contribution in [3.8, 4) is 5.75 Å². The normalized spacial score (nSPS) is 11.5. The minimum atomic E-state index is -3.76. The summed E-state index contributed by atoms with van der Waals surface area (Å²) >= 11 is 0. The first-order chi connectivity index (χ1) is 14.5. The number of carbonyl (C=O) groups is 1. The number of anilines is 1. The van der Waals surface area contributed by atoms with Crippen LogP contribution in [0.1, 0.15) is 18.2 Å². The molecule has 3 aromatic rings. The Kier molecular flexibility index (Phi) is 7.05. The van der Waals surface area contributed by atoms with E-state index in [9.17, 15) is 13.2 Å². The zero-order chi connectivity index (χ0) is 21.4. The second kappa shape index (κ2) is 9.91. The van der Waals surface area contributed by atoms with Crippen LogP contribution in [0.4, 0.5) is 5.69 Å². The van der Waals surface area contributed by atoms with Gasteiger partial charge in [-0.3, -0.25) is 4.79 Å². The lowest BCUT2D eigenvalue weighted by atomic mass is 10.2. The van der Waals surface area contributed by atoms with Gasteiger partial charge in [-0.25, -0.2) is 13.1 Å². The van der Waals surface area contributed by atoms with Crippen molar-refractivity contribution in [2.45, 2.75) is 18.4 Å². The summed E-state index contributed by atoms with van der Waals surface area (Å²) in [5.74, 6) is 0.791. The van der Waals surface area contributed by atoms with E-state index in [0.717, 1.165) is 5.56 Å². The Balaban J connectivity index is 1.66. The first kappa shape index (κ1) is 21.4. The number of para-hydroxylation sites is 1. The predicted molar refractivity (Wildman–Crippen MR) is 114 cm³/mol. The number of hydrogen-bond donors (Lipinski definition) is 2. The zero-order valence-electron chi connectivity index (χ0n) is 16.4. The van der Waals surface area contributed by atoms with Crippen LogP contribution in [-0.2, 0) is 21.4 Å². The fraction of sp³-hybridized carbons (Fsp3) is 0.136. The lowest BCUT2D eigenvalue weighted by Crippen LogP contribution is -2.23. The summed E-state index contributed by atoms with van der Waals surface area (Å²) in [5, 5.41) is 2.67. The molecular formula is C22H22N2O5S. The van der Waals surface area contributed by atoms with E-state index in [1.54, 1.807) is 30.3 Å².